The fourth-order valence-electron chi connectivity index (χ4n) is 2.39. The molecule has 1 unspecified atom stereocenters. The molecule has 0 aromatic heterocycles. The molecule has 5 heteroatoms. The third-order valence-corrected chi connectivity index (χ3v) is 3.23. The number of esters is 1. The van der Waals surface area contributed by atoms with Gasteiger partial charge in [-0.3, -0.25) is 0 Å². The Morgan fingerprint density at radius 1 is 1.53 bits per heavy atom. The third-order valence-electron chi connectivity index (χ3n) is 3.23. The number of para-hydroxylation sites is 1. The van der Waals surface area contributed by atoms with Crippen molar-refractivity contribution in [1.29, 1.82) is 0 Å². The second-order valence-electron chi connectivity index (χ2n) is 4.41. The van der Waals surface area contributed by atoms with E-state index in [4.69, 9.17) is 15.2 Å². The first-order chi connectivity index (χ1) is 9.19. The van der Waals surface area contributed by atoms with Crippen molar-refractivity contribution in [2.45, 2.75) is 26.3 Å². The number of hydrogen-bond donors (Lipinski definition) is 1. The van der Waals surface area contributed by atoms with E-state index in [9.17, 15) is 4.79 Å². The van der Waals surface area contributed by atoms with E-state index in [1.165, 1.54) is 0 Å². The molecule has 1 aromatic rings. The number of anilines is 2. The molecule has 19 heavy (non-hydrogen) atoms. The minimum Gasteiger partial charge on any atom is -0.489 e. The highest BCUT2D eigenvalue weighted by Crippen LogP contribution is 2.38. The highest BCUT2D eigenvalue weighted by atomic mass is 16.5. The molecule has 0 aliphatic carbocycles. The second kappa shape index (κ2) is 5.82. The number of hydrogen-bond acceptors (Lipinski definition) is 5. The first-order valence-corrected chi connectivity index (χ1v) is 6.63. The zero-order chi connectivity index (χ0) is 13.8. The summed E-state index contributed by atoms with van der Waals surface area (Å²) >= 11 is 0. The van der Waals surface area contributed by atoms with Gasteiger partial charge in [0.25, 0.3) is 0 Å². The second-order valence-corrected chi connectivity index (χ2v) is 4.41. The maximum Gasteiger partial charge on any atom is 0.328 e. The molecule has 0 saturated carbocycles. The lowest BCUT2D eigenvalue weighted by Crippen LogP contribution is -2.46. The average Bonchev–Trinajstić information content (AvgIpc) is 2.40. The summed E-state index contributed by atoms with van der Waals surface area (Å²) < 4.78 is 10.7. The molecule has 1 aliphatic rings. The lowest BCUT2D eigenvalue weighted by Gasteiger charge is -2.36. The smallest absolute Gasteiger partial charge is 0.328 e. The van der Waals surface area contributed by atoms with Crippen LogP contribution in [0.2, 0.25) is 0 Å². The lowest BCUT2D eigenvalue weighted by molar-refractivity contribution is -0.144. The molecule has 2 rings (SSSR count). The van der Waals surface area contributed by atoms with Crippen LogP contribution in [0.15, 0.2) is 18.2 Å². The average molecular weight is 264 g/mol. The molecule has 0 saturated heterocycles. The van der Waals surface area contributed by atoms with E-state index in [-0.39, 0.29) is 12.0 Å². The maximum atomic E-state index is 12.0. The van der Waals surface area contributed by atoms with Crippen LogP contribution >= 0.6 is 0 Å². The fourth-order valence-corrected chi connectivity index (χ4v) is 2.39. The predicted octanol–water partition coefficient (Wildman–Crippen LogP) is 1.81. The summed E-state index contributed by atoms with van der Waals surface area (Å²) in [7, 11) is 0. The summed E-state index contributed by atoms with van der Waals surface area (Å²) in [6, 6.07) is 5.23. The van der Waals surface area contributed by atoms with Crippen molar-refractivity contribution < 1.29 is 14.3 Å². The van der Waals surface area contributed by atoms with E-state index in [0.29, 0.717) is 31.9 Å². The number of ether oxygens (including phenoxy) is 2. The minimum atomic E-state index is -0.313. The molecule has 1 aliphatic heterocycles. The van der Waals surface area contributed by atoms with Crippen LogP contribution in [-0.2, 0) is 9.53 Å². The van der Waals surface area contributed by atoms with Crippen molar-refractivity contribution in [1.82, 2.24) is 0 Å². The van der Waals surface area contributed by atoms with Crippen LogP contribution in [0, 0.1) is 0 Å². The largest absolute Gasteiger partial charge is 0.489 e. The normalized spacial score (nSPS) is 15.4. The topological polar surface area (TPSA) is 64.8 Å². The van der Waals surface area contributed by atoms with Crippen LogP contribution in [0.5, 0.6) is 5.75 Å². The summed E-state index contributed by atoms with van der Waals surface area (Å²) in [6.45, 7) is 5.35. The van der Waals surface area contributed by atoms with E-state index in [2.05, 4.69) is 0 Å². The zero-order valence-corrected chi connectivity index (χ0v) is 11.4. The molecule has 104 valence electrons. The molecule has 1 heterocycles. The van der Waals surface area contributed by atoms with Gasteiger partial charge in [0, 0.05) is 0 Å². The van der Waals surface area contributed by atoms with Crippen LogP contribution in [-0.4, -0.2) is 31.8 Å². The molecule has 0 amide bonds. The van der Waals surface area contributed by atoms with Gasteiger partial charge in [-0.25, -0.2) is 4.79 Å². The standard InChI is InChI=1S/C14H20N2O3/c1-3-11(14(17)18-4-2)16-8-9-19-12-7-5-6-10(15)13(12)16/h5-7,11H,3-4,8-9,15H2,1-2H3. The SMILES string of the molecule is CCOC(=O)C(CC)N1CCOc2cccc(N)c21. The van der Waals surface area contributed by atoms with Crippen molar-refractivity contribution in [3.63, 3.8) is 0 Å². The molecular weight excluding hydrogens is 244 g/mol. The number of nitrogen functional groups attached to an aromatic ring is 1. The van der Waals surface area contributed by atoms with Gasteiger partial charge in [-0.1, -0.05) is 13.0 Å². The van der Waals surface area contributed by atoms with Crippen molar-refractivity contribution in [2.24, 2.45) is 0 Å². The van der Waals surface area contributed by atoms with E-state index >= 15 is 0 Å². The van der Waals surface area contributed by atoms with E-state index in [1.54, 1.807) is 0 Å². The summed E-state index contributed by atoms with van der Waals surface area (Å²) in [5.74, 6) is 0.523. The summed E-state index contributed by atoms with van der Waals surface area (Å²) in [4.78, 5) is 14.0. The van der Waals surface area contributed by atoms with Crippen LogP contribution in [0.1, 0.15) is 20.3 Å². The van der Waals surface area contributed by atoms with E-state index in [0.717, 1.165) is 11.4 Å². The summed E-state index contributed by atoms with van der Waals surface area (Å²) in [5.41, 5.74) is 7.45. The molecule has 0 spiro atoms. The van der Waals surface area contributed by atoms with Gasteiger partial charge in [-0.05, 0) is 25.5 Å². The van der Waals surface area contributed by atoms with Crippen molar-refractivity contribution >= 4 is 17.3 Å². The highest BCUT2D eigenvalue weighted by Gasteiger charge is 2.31. The quantitative estimate of drug-likeness (QED) is 0.663. The first-order valence-electron chi connectivity index (χ1n) is 6.63. The Morgan fingerprint density at radius 3 is 3.00 bits per heavy atom. The van der Waals surface area contributed by atoms with Crippen LogP contribution in [0.4, 0.5) is 11.4 Å². The Kier molecular flexibility index (Phi) is 4.14. The Balaban J connectivity index is 2.34. The number of carbonyl (C=O) groups excluding carboxylic acids is 1. The Hall–Kier alpha value is -1.91. The Bertz CT molecular complexity index is 462. The minimum absolute atomic E-state index is 0.207. The Morgan fingerprint density at radius 2 is 2.32 bits per heavy atom. The highest BCUT2D eigenvalue weighted by molar-refractivity contribution is 5.85. The number of rotatable bonds is 4. The van der Waals surface area contributed by atoms with Crippen molar-refractivity contribution in [3.05, 3.63) is 18.2 Å². The summed E-state index contributed by atoms with van der Waals surface area (Å²) in [6.07, 6.45) is 0.673. The van der Waals surface area contributed by atoms with Crippen LogP contribution in [0.3, 0.4) is 0 Å². The van der Waals surface area contributed by atoms with Crippen molar-refractivity contribution in [3.8, 4) is 5.75 Å². The molecular formula is C14H20N2O3. The number of nitrogens with zero attached hydrogens (tertiary/aromatic N) is 1. The number of benzene rings is 1. The molecule has 5 nitrogen and oxygen atoms in total. The van der Waals surface area contributed by atoms with Gasteiger partial charge in [-0.15, -0.1) is 0 Å². The van der Waals surface area contributed by atoms with Gasteiger partial charge < -0.3 is 20.1 Å². The zero-order valence-electron chi connectivity index (χ0n) is 11.4. The molecule has 2 N–H and O–H groups in total. The fraction of sp³-hybridized carbons (Fsp3) is 0.500. The molecule has 0 radical (unpaired) electrons. The van der Waals surface area contributed by atoms with Gasteiger partial charge >= 0.3 is 5.97 Å². The first kappa shape index (κ1) is 13.5. The van der Waals surface area contributed by atoms with E-state index < -0.39 is 0 Å². The predicted molar refractivity (Wildman–Crippen MR) is 74.4 cm³/mol. The number of nitrogens with two attached hydrogens (primary N) is 1. The molecule has 1 aromatic carbocycles. The molecule has 0 fully saturated rings. The van der Waals surface area contributed by atoms with Crippen LogP contribution < -0.4 is 15.4 Å². The maximum absolute atomic E-state index is 12.0. The van der Waals surface area contributed by atoms with Crippen LogP contribution in [0.25, 0.3) is 0 Å². The monoisotopic (exact) mass is 264 g/mol. The molecule has 0 bridgehead atoms. The lowest BCUT2D eigenvalue weighted by atomic mass is 10.1. The third kappa shape index (κ3) is 2.59. The van der Waals surface area contributed by atoms with Gasteiger partial charge in [0.05, 0.1) is 18.8 Å². The van der Waals surface area contributed by atoms with Crippen molar-refractivity contribution in [2.75, 3.05) is 30.4 Å². The number of carbonyl (C=O) groups is 1. The van der Waals surface area contributed by atoms with Gasteiger partial charge in [0.15, 0.2) is 0 Å². The molecule has 1 atom stereocenters. The van der Waals surface area contributed by atoms with E-state index in [1.807, 2.05) is 36.9 Å². The van der Waals surface area contributed by atoms with Gasteiger partial charge in [-0.2, -0.15) is 0 Å². The number of fused-ring (bicyclic) bond motifs is 1. The Labute approximate surface area is 113 Å². The van der Waals surface area contributed by atoms with Gasteiger partial charge in [0.2, 0.25) is 0 Å². The van der Waals surface area contributed by atoms with Gasteiger partial charge in [0.1, 0.15) is 24.1 Å². The summed E-state index contributed by atoms with van der Waals surface area (Å²) in [5, 5.41) is 0.